The number of hydrogen-bond acceptors (Lipinski definition) is 2. The van der Waals surface area contributed by atoms with Crippen LogP contribution in [0.1, 0.15) is 64.7 Å². The second kappa shape index (κ2) is 7.51. The van der Waals surface area contributed by atoms with E-state index in [1.54, 1.807) is 6.92 Å². The highest BCUT2D eigenvalue weighted by Gasteiger charge is 2.34. The van der Waals surface area contributed by atoms with E-state index in [4.69, 9.17) is 16.3 Å². The van der Waals surface area contributed by atoms with Gasteiger partial charge in [0.2, 0.25) is 0 Å². The molecule has 4 heteroatoms. The summed E-state index contributed by atoms with van der Waals surface area (Å²) in [4.78, 5) is 0. The van der Waals surface area contributed by atoms with Crippen LogP contribution in [0.3, 0.4) is 0 Å². The molecule has 0 atom stereocenters. The van der Waals surface area contributed by atoms with Crippen molar-refractivity contribution in [2.75, 3.05) is 13.2 Å². The van der Waals surface area contributed by atoms with Crippen molar-refractivity contribution in [1.29, 1.82) is 0 Å². The summed E-state index contributed by atoms with van der Waals surface area (Å²) in [6.07, 6.45) is 3.16. The number of aliphatic hydroxyl groups excluding tert-OH is 1. The highest BCUT2D eigenvalue weighted by molar-refractivity contribution is 6.33. The Morgan fingerprint density at radius 2 is 2.04 bits per heavy atom. The van der Waals surface area contributed by atoms with E-state index in [2.05, 4.69) is 33.8 Å². The summed E-state index contributed by atoms with van der Waals surface area (Å²) in [6, 6.07) is 1.98. The van der Waals surface area contributed by atoms with Crippen molar-refractivity contribution < 1.29 is 14.2 Å². The Morgan fingerprint density at radius 1 is 1.40 bits per heavy atom. The standard InChI is InChI=1S/C21H28ClFO2/c1-7-25-20-15(13(4)17(23)11-24)10-16-14(12(2)3)8-9-21(5,6)18(16)19(20)22/h8,10,12,24H,7,9,11H2,1-6H3. The smallest absolute Gasteiger partial charge is 0.145 e. The third-order valence-electron chi connectivity index (χ3n) is 4.90. The molecule has 0 bridgehead atoms. The first-order valence-electron chi connectivity index (χ1n) is 8.82. The molecule has 1 aromatic carbocycles. The maximum Gasteiger partial charge on any atom is 0.145 e. The monoisotopic (exact) mass is 366 g/mol. The molecular formula is C21H28ClFO2. The molecule has 0 saturated carbocycles. The molecule has 0 unspecified atom stereocenters. The van der Waals surface area contributed by atoms with Crippen LogP contribution >= 0.6 is 11.6 Å². The summed E-state index contributed by atoms with van der Waals surface area (Å²) >= 11 is 6.80. The molecule has 1 aliphatic rings. The van der Waals surface area contributed by atoms with Crippen LogP contribution < -0.4 is 4.74 Å². The number of fused-ring (bicyclic) bond motifs is 1. The molecule has 0 saturated heterocycles. The van der Waals surface area contributed by atoms with Crippen molar-refractivity contribution in [3.8, 4) is 5.75 Å². The quantitative estimate of drug-likeness (QED) is 0.676. The van der Waals surface area contributed by atoms with Crippen LogP contribution in [0.4, 0.5) is 4.39 Å². The second-order valence-corrected chi connectivity index (χ2v) is 7.89. The van der Waals surface area contributed by atoms with Crippen LogP contribution in [0.25, 0.3) is 11.1 Å². The molecule has 0 aliphatic heterocycles. The highest BCUT2D eigenvalue weighted by atomic mass is 35.5. The maximum absolute atomic E-state index is 14.1. The Hall–Kier alpha value is -1.32. The van der Waals surface area contributed by atoms with Gasteiger partial charge in [0.25, 0.3) is 0 Å². The third-order valence-corrected chi connectivity index (χ3v) is 5.26. The predicted molar refractivity (Wildman–Crippen MR) is 104 cm³/mol. The fraction of sp³-hybridized carbons (Fsp3) is 0.524. The van der Waals surface area contributed by atoms with Gasteiger partial charge in [-0.05, 0) is 59.9 Å². The average molecular weight is 367 g/mol. The Bertz CT molecular complexity index is 730. The van der Waals surface area contributed by atoms with Gasteiger partial charge in [-0.15, -0.1) is 0 Å². The van der Waals surface area contributed by atoms with Gasteiger partial charge in [-0.25, -0.2) is 4.39 Å². The van der Waals surface area contributed by atoms with E-state index in [-0.39, 0.29) is 5.41 Å². The molecule has 1 aliphatic carbocycles. The molecule has 0 aromatic heterocycles. The van der Waals surface area contributed by atoms with Gasteiger partial charge < -0.3 is 9.84 Å². The lowest BCUT2D eigenvalue weighted by Gasteiger charge is -2.35. The van der Waals surface area contributed by atoms with E-state index in [1.165, 1.54) is 5.57 Å². The van der Waals surface area contributed by atoms with Gasteiger partial charge in [0.15, 0.2) is 0 Å². The van der Waals surface area contributed by atoms with Crippen LogP contribution in [0.5, 0.6) is 5.75 Å². The molecule has 0 spiro atoms. The third kappa shape index (κ3) is 3.63. The van der Waals surface area contributed by atoms with Gasteiger partial charge >= 0.3 is 0 Å². The Morgan fingerprint density at radius 3 is 2.56 bits per heavy atom. The van der Waals surface area contributed by atoms with Crippen LogP contribution in [-0.4, -0.2) is 18.3 Å². The van der Waals surface area contributed by atoms with Gasteiger partial charge in [0.05, 0.1) is 18.2 Å². The first-order valence-corrected chi connectivity index (χ1v) is 9.20. The van der Waals surface area contributed by atoms with E-state index in [0.29, 0.717) is 34.4 Å². The Labute approximate surface area is 155 Å². The molecule has 0 amide bonds. The van der Waals surface area contributed by atoms with Crippen LogP contribution in [0.15, 0.2) is 18.0 Å². The number of ether oxygens (including phenoxy) is 1. The lowest BCUT2D eigenvalue weighted by Crippen LogP contribution is -2.24. The number of hydrogen-bond donors (Lipinski definition) is 1. The van der Waals surface area contributed by atoms with Gasteiger partial charge in [-0.1, -0.05) is 45.4 Å². The van der Waals surface area contributed by atoms with Crippen molar-refractivity contribution >= 4 is 22.7 Å². The first kappa shape index (κ1) is 20.0. The summed E-state index contributed by atoms with van der Waals surface area (Å²) < 4.78 is 19.9. The molecule has 0 radical (unpaired) electrons. The summed E-state index contributed by atoms with van der Waals surface area (Å²) in [6.45, 7) is 12.0. The number of halogens is 2. The Balaban J connectivity index is 2.88. The minimum Gasteiger partial charge on any atom is -0.492 e. The molecule has 1 N–H and O–H groups in total. The van der Waals surface area contributed by atoms with Crippen molar-refractivity contribution in [2.24, 2.45) is 5.92 Å². The van der Waals surface area contributed by atoms with Gasteiger partial charge in [-0.3, -0.25) is 0 Å². The van der Waals surface area contributed by atoms with Crippen molar-refractivity contribution in [2.45, 2.75) is 53.4 Å². The minimum atomic E-state index is -0.634. The van der Waals surface area contributed by atoms with Crippen molar-refractivity contribution in [3.63, 3.8) is 0 Å². The summed E-state index contributed by atoms with van der Waals surface area (Å²) in [5.41, 5.74) is 4.19. The van der Waals surface area contributed by atoms with Gasteiger partial charge in [0, 0.05) is 5.56 Å². The van der Waals surface area contributed by atoms with E-state index >= 15 is 0 Å². The summed E-state index contributed by atoms with van der Waals surface area (Å²) in [5, 5.41) is 9.75. The highest BCUT2D eigenvalue weighted by Crippen LogP contribution is 2.50. The number of benzene rings is 1. The van der Waals surface area contributed by atoms with E-state index < -0.39 is 12.4 Å². The van der Waals surface area contributed by atoms with E-state index in [0.717, 1.165) is 17.5 Å². The average Bonchev–Trinajstić information content (AvgIpc) is 2.54. The SMILES string of the molecule is CCOc1c(C(C)=C(F)CO)cc2c(c1Cl)C(C)(C)CC=C2C(C)C. The van der Waals surface area contributed by atoms with Crippen LogP contribution in [0.2, 0.25) is 5.02 Å². The topological polar surface area (TPSA) is 29.5 Å². The number of rotatable bonds is 5. The lowest BCUT2D eigenvalue weighted by molar-refractivity contribution is 0.299. The zero-order chi connectivity index (χ0) is 18.9. The van der Waals surface area contributed by atoms with Crippen molar-refractivity contribution in [1.82, 2.24) is 0 Å². The molecule has 25 heavy (non-hydrogen) atoms. The van der Waals surface area contributed by atoms with Crippen molar-refractivity contribution in [3.05, 3.63) is 39.7 Å². The normalized spacial score (nSPS) is 17.1. The van der Waals surface area contributed by atoms with Gasteiger partial charge in [0.1, 0.15) is 11.6 Å². The lowest BCUT2D eigenvalue weighted by atomic mass is 9.70. The van der Waals surface area contributed by atoms with E-state index in [9.17, 15) is 9.50 Å². The van der Waals surface area contributed by atoms with E-state index in [1.807, 2.05) is 13.0 Å². The summed E-state index contributed by atoms with van der Waals surface area (Å²) in [7, 11) is 0. The minimum absolute atomic E-state index is 0.123. The fourth-order valence-corrected chi connectivity index (χ4v) is 3.99. The second-order valence-electron chi connectivity index (χ2n) is 7.51. The molecule has 2 nitrogen and oxygen atoms in total. The molecule has 1 aromatic rings. The number of aliphatic hydroxyl groups is 1. The van der Waals surface area contributed by atoms with Crippen LogP contribution in [0, 0.1) is 5.92 Å². The molecular weight excluding hydrogens is 339 g/mol. The summed E-state index contributed by atoms with van der Waals surface area (Å²) in [5.74, 6) is 0.271. The first-order chi connectivity index (χ1) is 11.7. The molecule has 0 fully saturated rings. The zero-order valence-corrected chi connectivity index (χ0v) is 16.7. The molecule has 0 heterocycles. The Kier molecular flexibility index (Phi) is 6.01. The predicted octanol–water partition coefficient (Wildman–Crippen LogP) is 6.15. The van der Waals surface area contributed by atoms with Crippen LogP contribution in [-0.2, 0) is 5.41 Å². The maximum atomic E-state index is 14.1. The van der Waals surface area contributed by atoms with Gasteiger partial charge in [-0.2, -0.15) is 0 Å². The number of allylic oxidation sites excluding steroid dienone is 3. The fourth-order valence-electron chi connectivity index (χ4n) is 3.47. The zero-order valence-electron chi connectivity index (χ0n) is 16.0. The molecule has 138 valence electrons. The largest absolute Gasteiger partial charge is 0.492 e. The molecule has 2 rings (SSSR count).